The minimum atomic E-state index is -3.52. The van der Waals surface area contributed by atoms with Crippen molar-refractivity contribution in [1.29, 1.82) is 0 Å². The molecule has 1 aliphatic rings. The fourth-order valence-electron chi connectivity index (χ4n) is 2.33. The highest BCUT2D eigenvalue weighted by Crippen LogP contribution is 2.19. The van der Waals surface area contributed by atoms with Crippen LogP contribution in [0.15, 0.2) is 23.1 Å². The lowest BCUT2D eigenvalue weighted by atomic mass is 10.1. The van der Waals surface area contributed by atoms with E-state index in [0.717, 1.165) is 5.56 Å². The van der Waals surface area contributed by atoms with Gasteiger partial charge in [-0.1, -0.05) is 12.1 Å². The third-order valence-electron chi connectivity index (χ3n) is 3.47. The standard InChI is InChI=1S/C13H20N2O3S2/c1-10-8-11(9-14)2-3-13(10)20(17,18)15-12-4-6-19(16)7-5-12/h2-3,8,12,15H,4-7,9,14H2,1H3. The summed E-state index contributed by atoms with van der Waals surface area (Å²) in [6.07, 6.45) is 1.26. The van der Waals surface area contributed by atoms with Crippen LogP contribution in [-0.2, 0) is 27.4 Å². The van der Waals surface area contributed by atoms with Crippen LogP contribution in [0.25, 0.3) is 0 Å². The zero-order valence-corrected chi connectivity index (χ0v) is 13.1. The molecule has 5 nitrogen and oxygen atoms in total. The lowest BCUT2D eigenvalue weighted by molar-refractivity contribution is 0.521. The quantitative estimate of drug-likeness (QED) is 0.853. The number of nitrogens with one attached hydrogen (secondary N) is 1. The largest absolute Gasteiger partial charge is 0.326 e. The number of aryl methyl sites for hydroxylation is 1. The van der Waals surface area contributed by atoms with Crippen molar-refractivity contribution in [2.24, 2.45) is 5.73 Å². The van der Waals surface area contributed by atoms with Crippen LogP contribution < -0.4 is 10.5 Å². The lowest BCUT2D eigenvalue weighted by Gasteiger charge is -2.22. The first-order chi connectivity index (χ1) is 9.42. The third kappa shape index (κ3) is 3.66. The van der Waals surface area contributed by atoms with Crippen LogP contribution in [0.2, 0.25) is 0 Å². The van der Waals surface area contributed by atoms with Crippen molar-refractivity contribution < 1.29 is 12.6 Å². The topological polar surface area (TPSA) is 89.3 Å². The molecule has 7 heteroatoms. The molecule has 1 aliphatic heterocycles. The van der Waals surface area contributed by atoms with Gasteiger partial charge in [0.15, 0.2) is 0 Å². The highest BCUT2D eigenvalue weighted by molar-refractivity contribution is 7.89. The highest BCUT2D eigenvalue weighted by Gasteiger charge is 2.25. The van der Waals surface area contributed by atoms with E-state index in [1.807, 2.05) is 0 Å². The number of hydrogen-bond donors (Lipinski definition) is 2. The molecule has 1 aromatic carbocycles. The minimum absolute atomic E-state index is 0.119. The van der Waals surface area contributed by atoms with Gasteiger partial charge < -0.3 is 5.73 Å². The Kier molecular flexibility index (Phi) is 4.95. The van der Waals surface area contributed by atoms with Crippen LogP contribution in [0.3, 0.4) is 0 Å². The molecule has 2 rings (SSSR count). The van der Waals surface area contributed by atoms with Crippen LogP contribution in [0, 0.1) is 6.92 Å². The van der Waals surface area contributed by atoms with Crippen LogP contribution in [0.4, 0.5) is 0 Å². The van der Waals surface area contributed by atoms with Crippen LogP contribution >= 0.6 is 0 Å². The first kappa shape index (κ1) is 15.6. The molecule has 0 atom stereocenters. The predicted octanol–water partition coefficient (Wildman–Crippen LogP) is 0.643. The van der Waals surface area contributed by atoms with Crippen molar-refractivity contribution >= 4 is 20.8 Å². The fraction of sp³-hybridized carbons (Fsp3) is 0.538. The summed E-state index contributed by atoms with van der Waals surface area (Å²) in [5.41, 5.74) is 7.15. The van der Waals surface area contributed by atoms with Crippen LogP contribution in [-0.4, -0.2) is 30.2 Å². The molecule has 0 saturated carbocycles. The maximum Gasteiger partial charge on any atom is 0.241 e. The summed E-state index contributed by atoms with van der Waals surface area (Å²) in [5, 5.41) is 0. The molecule has 3 N–H and O–H groups in total. The van der Waals surface area contributed by atoms with Gasteiger partial charge in [-0.05, 0) is 37.0 Å². The molecule has 1 saturated heterocycles. The second-order valence-corrected chi connectivity index (χ2v) is 8.43. The van der Waals surface area contributed by atoms with E-state index in [4.69, 9.17) is 5.73 Å². The zero-order chi connectivity index (χ0) is 14.8. The van der Waals surface area contributed by atoms with Gasteiger partial charge in [-0.3, -0.25) is 4.21 Å². The Hall–Kier alpha value is -0.760. The smallest absolute Gasteiger partial charge is 0.241 e. The molecular weight excluding hydrogens is 296 g/mol. The summed E-state index contributed by atoms with van der Waals surface area (Å²) in [6, 6.07) is 5.01. The van der Waals surface area contributed by atoms with E-state index in [1.54, 1.807) is 25.1 Å². The van der Waals surface area contributed by atoms with E-state index >= 15 is 0 Å². The average molecular weight is 316 g/mol. The third-order valence-corrected chi connectivity index (χ3v) is 6.54. The van der Waals surface area contributed by atoms with Crippen molar-refractivity contribution in [2.75, 3.05) is 11.5 Å². The van der Waals surface area contributed by atoms with Crippen molar-refractivity contribution in [1.82, 2.24) is 4.72 Å². The van der Waals surface area contributed by atoms with E-state index in [2.05, 4.69) is 4.72 Å². The second kappa shape index (κ2) is 6.34. The fourth-order valence-corrected chi connectivity index (χ4v) is 5.16. The summed E-state index contributed by atoms with van der Waals surface area (Å²) in [5.74, 6) is 1.14. The summed E-state index contributed by atoms with van der Waals surface area (Å²) >= 11 is 0. The lowest BCUT2D eigenvalue weighted by Crippen LogP contribution is -2.39. The molecule has 0 unspecified atom stereocenters. The van der Waals surface area contributed by atoms with Crippen molar-refractivity contribution in [2.45, 2.75) is 37.2 Å². The maximum absolute atomic E-state index is 12.4. The van der Waals surface area contributed by atoms with Crippen LogP contribution in [0.5, 0.6) is 0 Å². The first-order valence-corrected chi connectivity index (χ1v) is 9.56. The van der Waals surface area contributed by atoms with E-state index < -0.39 is 20.8 Å². The molecule has 20 heavy (non-hydrogen) atoms. The van der Waals surface area contributed by atoms with E-state index in [-0.39, 0.29) is 6.04 Å². The monoisotopic (exact) mass is 316 g/mol. The molecule has 112 valence electrons. The summed E-state index contributed by atoms with van der Waals surface area (Å²) in [7, 11) is -4.31. The molecule has 0 aliphatic carbocycles. The Morgan fingerprint density at radius 1 is 1.35 bits per heavy atom. The molecule has 1 fully saturated rings. The zero-order valence-electron chi connectivity index (χ0n) is 11.5. The Bertz CT molecular complexity index is 604. The van der Waals surface area contributed by atoms with Gasteiger partial charge in [0.25, 0.3) is 0 Å². The van der Waals surface area contributed by atoms with Gasteiger partial charge in [-0.2, -0.15) is 0 Å². The minimum Gasteiger partial charge on any atom is -0.326 e. The van der Waals surface area contributed by atoms with Gasteiger partial charge in [-0.25, -0.2) is 13.1 Å². The number of nitrogens with two attached hydrogens (primary N) is 1. The molecule has 0 radical (unpaired) electrons. The predicted molar refractivity (Wildman–Crippen MR) is 80.3 cm³/mol. The molecule has 0 bridgehead atoms. The highest BCUT2D eigenvalue weighted by atomic mass is 32.2. The number of sulfonamides is 1. The van der Waals surface area contributed by atoms with Crippen molar-refractivity contribution in [3.63, 3.8) is 0 Å². The summed E-state index contributed by atoms with van der Waals surface area (Å²) in [6.45, 7) is 2.16. The number of hydrogen-bond acceptors (Lipinski definition) is 4. The van der Waals surface area contributed by atoms with Gasteiger partial charge in [-0.15, -0.1) is 0 Å². The van der Waals surface area contributed by atoms with E-state index in [9.17, 15) is 12.6 Å². The van der Waals surface area contributed by atoms with Crippen molar-refractivity contribution in [3.05, 3.63) is 29.3 Å². The Labute approximate surface area is 122 Å². The molecule has 0 spiro atoms. The molecule has 1 heterocycles. The van der Waals surface area contributed by atoms with Gasteiger partial charge in [0, 0.05) is 34.9 Å². The summed E-state index contributed by atoms with van der Waals surface area (Å²) < 4.78 is 38.8. The first-order valence-electron chi connectivity index (χ1n) is 6.59. The average Bonchev–Trinajstić information content (AvgIpc) is 2.40. The SMILES string of the molecule is Cc1cc(CN)ccc1S(=O)(=O)NC1CCS(=O)CC1. The Morgan fingerprint density at radius 3 is 2.55 bits per heavy atom. The molecule has 0 amide bonds. The molecule has 1 aromatic rings. The number of rotatable bonds is 4. The number of benzene rings is 1. The Morgan fingerprint density at radius 2 is 2.00 bits per heavy atom. The maximum atomic E-state index is 12.4. The molecular formula is C13H20N2O3S2. The van der Waals surface area contributed by atoms with Gasteiger partial charge in [0.1, 0.15) is 0 Å². The van der Waals surface area contributed by atoms with Gasteiger partial charge >= 0.3 is 0 Å². The van der Waals surface area contributed by atoms with E-state index in [0.29, 0.717) is 41.4 Å². The Balaban J connectivity index is 2.16. The van der Waals surface area contributed by atoms with Crippen molar-refractivity contribution in [3.8, 4) is 0 Å². The van der Waals surface area contributed by atoms with Gasteiger partial charge in [0.2, 0.25) is 10.0 Å². The summed E-state index contributed by atoms with van der Waals surface area (Å²) in [4.78, 5) is 0.293. The van der Waals surface area contributed by atoms with Crippen LogP contribution in [0.1, 0.15) is 24.0 Å². The second-order valence-electron chi connectivity index (χ2n) is 5.05. The van der Waals surface area contributed by atoms with E-state index in [1.165, 1.54) is 0 Å². The normalized spacial score (nSPS) is 23.7. The molecule has 0 aromatic heterocycles. The van der Waals surface area contributed by atoms with Gasteiger partial charge in [0.05, 0.1) is 4.90 Å².